The van der Waals surface area contributed by atoms with Crippen molar-refractivity contribution in [2.45, 2.75) is 13.0 Å². The van der Waals surface area contributed by atoms with Crippen molar-refractivity contribution < 1.29 is 4.39 Å². The molecule has 0 aliphatic heterocycles. The Hall–Kier alpha value is -1.92. The Morgan fingerprint density at radius 1 is 1.44 bits per heavy atom. The summed E-state index contributed by atoms with van der Waals surface area (Å²) in [4.78, 5) is 0. The third-order valence-corrected chi connectivity index (χ3v) is 3.02. The highest BCUT2D eigenvalue weighted by Gasteiger charge is 2.18. The van der Waals surface area contributed by atoms with Crippen molar-refractivity contribution in [2.75, 3.05) is 5.73 Å². The van der Waals surface area contributed by atoms with E-state index in [2.05, 4.69) is 10.5 Å². The van der Waals surface area contributed by atoms with Gasteiger partial charge in [0.05, 0.1) is 12.2 Å². The second-order valence-corrected chi connectivity index (χ2v) is 4.22. The lowest BCUT2D eigenvalue weighted by Gasteiger charge is -2.16. The lowest BCUT2D eigenvalue weighted by atomic mass is 10.00. The minimum Gasteiger partial charge on any atom is -0.384 e. The Bertz CT molecular complexity index is 564. The molecule has 1 aromatic heterocycles. The highest BCUT2D eigenvalue weighted by atomic mass is 19.1. The van der Waals surface area contributed by atoms with Crippen LogP contribution in [0.1, 0.15) is 22.7 Å². The van der Waals surface area contributed by atoms with Crippen LogP contribution in [0.4, 0.5) is 10.2 Å². The molecule has 0 saturated carbocycles. The van der Waals surface area contributed by atoms with Gasteiger partial charge in [0, 0.05) is 12.6 Å². The van der Waals surface area contributed by atoms with E-state index in [0.717, 1.165) is 5.56 Å². The molecule has 6 heteroatoms. The molecule has 5 N–H and O–H groups in total. The standard InChI is InChI=1S/C12H16FN5/c1-7-3-4-8(5-10(7)13)11(17-15)9-6-16-18(2)12(9)14/h3-6,11,17H,14-15H2,1-2H3. The summed E-state index contributed by atoms with van der Waals surface area (Å²) >= 11 is 0. The van der Waals surface area contributed by atoms with Gasteiger partial charge in [0.15, 0.2) is 0 Å². The van der Waals surface area contributed by atoms with E-state index >= 15 is 0 Å². The Morgan fingerprint density at radius 3 is 2.67 bits per heavy atom. The number of hydrogen-bond donors (Lipinski definition) is 3. The zero-order valence-corrected chi connectivity index (χ0v) is 10.3. The molecule has 1 heterocycles. The largest absolute Gasteiger partial charge is 0.384 e. The van der Waals surface area contributed by atoms with Crippen molar-refractivity contribution in [1.82, 2.24) is 15.2 Å². The van der Waals surface area contributed by atoms with E-state index in [4.69, 9.17) is 11.6 Å². The normalized spacial score (nSPS) is 12.7. The second-order valence-electron chi connectivity index (χ2n) is 4.22. The van der Waals surface area contributed by atoms with Gasteiger partial charge in [0.25, 0.3) is 0 Å². The Balaban J connectivity index is 2.45. The first kappa shape index (κ1) is 12.5. The highest BCUT2D eigenvalue weighted by Crippen LogP contribution is 2.26. The number of hydrogen-bond acceptors (Lipinski definition) is 4. The van der Waals surface area contributed by atoms with Gasteiger partial charge in [-0.3, -0.25) is 10.5 Å². The van der Waals surface area contributed by atoms with Gasteiger partial charge in [-0.25, -0.2) is 9.82 Å². The van der Waals surface area contributed by atoms with E-state index in [0.29, 0.717) is 16.9 Å². The van der Waals surface area contributed by atoms with Gasteiger partial charge >= 0.3 is 0 Å². The number of hydrazine groups is 1. The molecule has 0 aliphatic rings. The molecule has 0 aliphatic carbocycles. The van der Waals surface area contributed by atoms with Gasteiger partial charge in [-0.05, 0) is 24.1 Å². The molecule has 2 rings (SSSR count). The van der Waals surface area contributed by atoms with E-state index in [1.165, 1.54) is 6.07 Å². The lowest BCUT2D eigenvalue weighted by molar-refractivity contribution is 0.599. The van der Waals surface area contributed by atoms with Crippen molar-refractivity contribution in [2.24, 2.45) is 12.9 Å². The molecule has 1 unspecified atom stereocenters. The van der Waals surface area contributed by atoms with Gasteiger partial charge in [0.1, 0.15) is 11.6 Å². The molecular weight excluding hydrogens is 233 g/mol. The molecule has 0 saturated heterocycles. The minimum absolute atomic E-state index is 0.268. The molecule has 0 fully saturated rings. The number of rotatable bonds is 3. The number of anilines is 1. The van der Waals surface area contributed by atoms with Gasteiger partial charge in [-0.15, -0.1) is 0 Å². The van der Waals surface area contributed by atoms with E-state index in [1.807, 2.05) is 6.07 Å². The maximum atomic E-state index is 13.6. The molecular formula is C12H16FN5. The molecule has 1 atom stereocenters. The maximum Gasteiger partial charge on any atom is 0.126 e. The number of halogens is 1. The van der Waals surface area contributed by atoms with Crippen molar-refractivity contribution in [3.63, 3.8) is 0 Å². The van der Waals surface area contributed by atoms with Crippen LogP contribution in [0.3, 0.4) is 0 Å². The van der Waals surface area contributed by atoms with E-state index in [1.54, 1.807) is 30.9 Å². The predicted octanol–water partition coefficient (Wildman–Crippen LogP) is 1.00. The van der Waals surface area contributed by atoms with Crippen molar-refractivity contribution in [3.8, 4) is 0 Å². The summed E-state index contributed by atoms with van der Waals surface area (Å²) in [5.41, 5.74) is 10.6. The summed E-state index contributed by atoms with van der Waals surface area (Å²) in [6.07, 6.45) is 1.62. The predicted molar refractivity (Wildman–Crippen MR) is 67.9 cm³/mol. The SMILES string of the molecule is Cc1ccc(C(NN)c2cnn(C)c2N)cc1F. The number of aromatic nitrogens is 2. The molecule has 2 aromatic rings. The van der Waals surface area contributed by atoms with Crippen LogP contribution in [-0.2, 0) is 7.05 Å². The smallest absolute Gasteiger partial charge is 0.126 e. The molecule has 96 valence electrons. The van der Waals surface area contributed by atoms with E-state index in [-0.39, 0.29) is 11.9 Å². The van der Waals surface area contributed by atoms with Crippen LogP contribution < -0.4 is 17.0 Å². The number of nitrogens with one attached hydrogen (secondary N) is 1. The Kier molecular flexibility index (Phi) is 3.31. The summed E-state index contributed by atoms with van der Waals surface area (Å²) in [6, 6.07) is 4.59. The number of nitrogens with zero attached hydrogens (tertiary/aromatic N) is 2. The first-order valence-electron chi connectivity index (χ1n) is 5.54. The Morgan fingerprint density at radius 2 is 2.17 bits per heavy atom. The summed E-state index contributed by atoms with van der Waals surface area (Å²) < 4.78 is 15.1. The van der Waals surface area contributed by atoms with Gasteiger partial charge < -0.3 is 5.73 Å². The third kappa shape index (κ3) is 2.07. The molecule has 1 aromatic carbocycles. The van der Waals surface area contributed by atoms with Crippen molar-refractivity contribution in [3.05, 3.63) is 46.9 Å². The van der Waals surface area contributed by atoms with Crippen molar-refractivity contribution in [1.29, 1.82) is 0 Å². The van der Waals surface area contributed by atoms with Gasteiger partial charge in [-0.1, -0.05) is 12.1 Å². The van der Waals surface area contributed by atoms with Crippen LogP contribution in [0, 0.1) is 12.7 Å². The van der Waals surface area contributed by atoms with Crippen LogP contribution in [0.25, 0.3) is 0 Å². The summed E-state index contributed by atoms with van der Waals surface area (Å²) in [5, 5.41) is 4.05. The lowest BCUT2D eigenvalue weighted by Crippen LogP contribution is -2.29. The molecule has 0 bridgehead atoms. The zero-order chi connectivity index (χ0) is 13.3. The highest BCUT2D eigenvalue weighted by molar-refractivity contribution is 5.45. The fraction of sp³-hybridized carbons (Fsp3) is 0.250. The first-order valence-corrected chi connectivity index (χ1v) is 5.54. The molecule has 0 radical (unpaired) electrons. The van der Waals surface area contributed by atoms with Crippen LogP contribution in [0.15, 0.2) is 24.4 Å². The number of nitrogens with two attached hydrogens (primary N) is 2. The monoisotopic (exact) mass is 249 g/mol. The van der Waals surface area contributed by atoms with Crippen LogP contribution in [-0.4, -0.2) is 9.78 Å². The zero-order valence-electron chi connectivity index (χ0n) is 10.3. The minimum atomic E-state index is -0.381. The van der Waals surface area contributed by atoms with Crippen LogP contribution >= 0.6 is 0 Å². The Labute approximate surface area is 105 Å². The second kappa shape index (κ2) is 4.75. The summed E-state index contributed by atoms with van der Waals surface area (Å²) in [7, 11) is 1.74. The fourth-order valence-corrected chi connectivity index (χ4v) is 1.84. The topological polar surface area (TPSA) is 81.9 Å². The van der Waals surface area contributed by atoms with E-state index in [9.17, 15) is 4.39 Å². The van der Waals surface area contributed by atoms with E-state index < -0.39 is 0 Å². The van der Waals surface area contributed by atoms with Crippen LogP contribution in [0.5, 0.6) is 0 Å². The maximum absolute atomic E-state index is 13.6. The van der Waals surface area contributed by atoms with Gasteiger partial charge in [0.2, 0.25) is 0 Å². The average Bonchev–Trinajstić information content (AvgIpc) is 2.67. The summed E-state index contributed by atoms with van der Waals surface area (Å²) in [5.74, 6) is 5.77. The molecule has 18 heavy (non-hydrogen) atoms. The number of benzene rings is 1. The molecule has 5 nitrogen and oxygen atoms in total. The molecule has 0 spiro atoms. The van der Waals surface area contributed by atoms with Crippen LogP contribution in [0.2, 0.25) is 0 Å². The third-order valence-electron chi connectivity index (χ3n) is 3.02. The number of aryl methyl sites for hydroxylation is 2. The van der Waals surface area contributed by atoms with Crippen molar-refractivity contribution >= 4 is 5.82 Å². The first-order chi connectivity index (χ1) is 8.54. The fourth-order valence-electron chi connectivity index (χ4n) is 1.84. The average molecular weight is 249 g/mol. The van der Waals surface area contributed by atoms with Gasteiger partial charge in [-0.2, -0.15) is 5.10 Å². The number of nitrogen functional groups attached to an aromatic ring is 1. The quantitative estimate of drug-likeness (QED) is 0.560. The summed E-state index contributed by atoms with van der Waals surface area (Å²) in [6.45, 7) is 1.71. The molecule has 0 amide bonds.